The lowest BCUT2D eigenvalue weighted by Gasteiger charge is -2.31. The summed E-state index contributed by atoms with van der Waals surface area (Å²) in [6, 6.07) is -12.6. The number of carboxylic acid groups (broad SMARTS) is 2. The van der Waals surface area contributed by atoms with Crippen LogP contribution in [-0.4, -0.2) is 214 Å². The van der Waals surface area contributed by atoms with Crippen LogP contribution >= 0.6 is 21.6 Å². The van der Waals surface area contributed by atoms with Crippen molar-refractivity contribution in [1.29, 1.82) is 0 Å². The molecule has 2 aliphatic rings. The molecule has 2 aromatic carbocycles. The van der Waals surface area contributed by atoms with Crippen molar-refractivity contribution >= 4 is 116 Å². The molecular weight excluding hydrogens is 1260 g/mol. The number of nitrogens with one attached hydrogen (secondary N) is 10. The lowest BCUT2D eigenvalue weighted by molar-refractivity contribution is -0.142. The van der Waals surface area contributed by atoms with Crippen molar-refractivity contribution in [2.24, 2.45) is 28.7 Å². The first kappa shape index (κ1) is 70.8. The number of phenolic OH excluding ortho intramolecular Hbond substituents is 1. The second kappa shape index (κ2) is 42.4. The van der Waals surface area contributed by atoms with Crippen LogP contribution < -0.4 is 81.8 Å². The molecule has 2 aliphatic heterocycles. The molecule has 4 rings (SSSR count). The van der Waals surface area contributed by atoms with Crippen LogP contribution in [-0.2, 0) is 89.6 Å². The Balaban J connectivity index is 0.00000386. The smallest absolute Gasteiger partial charge is 0.300 e. The third-order valence-corrected chi connectivity index (χ3v) is 15.1. The van der Waals surface area contributed by atoms with Gasteiger partial charge in [-0.2, -0.15) is 0 Å². The number of phenols is 1. The summed E-state index contributed by atoms with van der Waals surface area (Å²) < 4.78 is 42.0. The molecular formula is C56H82N16O19S2. The predicted molar refractivity (Wildman–Crippen MR) is 334 cm³/mol. The lowest BCUT2D eigenvalue weighted by atomic mass is 10.0. The van der Waals surface area contributed by atoms with E-state index in [1.54, 1.807) is 0 Å². The summed E-state index contributed by atoms with van der Waals surface area (Å²) in [6.45, 7) is -0.105. The molecule has 2 saturated heterocycles. The number of carbonyl (C=O) groups is 16. The maximum Gasteiger partial charge on any atom is 0.300 e. The van der Waals surface area contributed by atoms with E-state index in [4.69, 9.17) is 55.3 Å². The summed E-state index contributed by atoms with van der Waals surface area (Å²) in [7, 11) is 1.60. The molecule has 0 bridgehead atoms. The molecule has 14 amide bonds. The average molecular weight is 1350 g/mol. The minimum absolute atomic E-state index is 0.0335. The van der Waals surface area contributed by atoms with Crippen LogP contribution in [0.2, 0.25) is 0 Å². The number of nitrogens with two attached hydrogens (primary N) is 5. The number of primary amides is 3. The fourth-order valence-electron chi connectivity index (χ4n) is 8.35. The zero-order valence-corrected chi connectivity index (χ0v) is 52.3. The Morgan fingerprint density at radius 3 is 1.76 bits per heavy atom. The van der Waals surface area contributed by atoms with Crippen molar-refractivity contribution in [3.63, 3.8) is 0 Å². The van der Waals surface area contributed by atoms with E-state index in [-0.39, 0.29) is 43.7 Å². The summed E-state index contributed by atoms with van der Waals surface area (Å²) in [5, 5.41) is 48.8. The number of carbonyl (C=O) groups excluding carboxylic acids is 14. The molecule has 8 atom stereocenters. The summed E-state index contributed by atoms with van der Waals surface area (Å²) in [5.41, 5.74) is 26.9. The van der Waals surface area contributed by atoms with Crippen molar-refractivity contribution in [2.75, 3.05) is 50.8 Å². The number of nitrogens with zero attached hydrogens (tertiary/aromatic N) is 1. The number of likely N-dealkylation sites (tertiary alicyclic amines) is 1. The lowest BCUT2D eigenvalue weighted by Crippen LogP contribution is -2.61. The zero-order valence-electron chi connectivity index (χ0n) is 55.7. The zero-order chi connectivity index (χ0) is 74.1. The first-order valence-corrected chi connectivity index (χ1v) is 31.0. The summed E-state index contributed by atoms with van der Waals surface area (Å²) in [4.78, 5) is 209. The molecule has 93 heavy (non-hydrogen) atoms. The largest absolute Gasteiger partial charge is 0.508 e. The first-order chi connectivity index (χ1) is 46.0. The molecule has 2 heterocycles. The molecule has 0 aromatic heterocycles. The fourth-order valence-corrected chi connectivity index (χ4v) is 10.7. The number of hydrogen-bond acceptors (Lipinski definition) is 21. The van der Waals surface area contributed by atoms with Crippen LogP contribution in [0.25, 0.3) is 0 Å². The second-order valence-electron chi connectivity index (χ2n) is 20.4. The number of carboxylic acids is 2. The number of amides is 14. The Labute approximate surface area is 548 Å². The first-order valence-electron chi connectivity index (χ1n) is 31.0. The minimum Gasteiger partial charge on any atom is -0.508 e. The number of rotatable bonds is 25. The number of aromatic hydroxyl groups is 1. The van der Waals surface area contributed by atoms with Crippen LogP contribution in [0.4, 0.5) is 0 Å². The van der Waals surface area contributed by atoms with Crippen LogP contribution in [0.5, 0.6) is 5.75 Å². The molecule has 2 fully saturated rings. The van der Waals surface area contributed by atoms with E-state index < -0.39 is 249 Å². The second-order valence-corrected chi connectivity index (χ2v) is 22.9. The SMILES string of the molecule is CC(=O)O.CC(=O)O.[2H]c1c([2H])c([2H])c(C[C@@H]2NC(=O)[C@H](Cc3ccc(O)cc3)NC(=O)[C@@H](NC(=O)CNC(=O)CNC(=O)CN)CSSC[C@@H](C(=O)N3CCC[C@H]3C(=O)N[C@@H](CCCCN)C(=O)NCC(N)=O)NC(=O)[C@H](CC(N)=O)NC(=O)[C@H](CCC(N)=O)NC2=O)c([2H])c1[2H]. The number of unbranched alkanes of at least 4 members (excludes halogenated alkanes) is 1. The predicted octanol–water partition coefficient (Wildman–Crippen LogP) is -6.80. The number of hydrogen-bond donors (Lipinski definition) is 18. The third-order valence-electron chi connectivity index (χ3n) is 12.7. The molecule has 0 saturated carbocycles. The van der Waals surface area contributed by atoms with Gasteiger partial charge in [0.2, 0.25) is 82.7 Å². The molecule has 0 unspecified atom stereocenters. The van der Waals surface area contributed by atoms with Crippen molar-refractivity contribution < 1.29 is 98.9 Å². The van der Waals surface area contributed by atoms with Gasteiger partial charge in [0.15, 0.2) is 0 Å². The van der Waals surface area contributed by atoms with E-state index in [2.05, 4.69) is 53.2 Å². The average Bonchev–Trinajstić information content (AvgIpc) is 0.983. The highest BCUT2D eigenvalue weighted by molar-refractivity contribution is 8.76. The van der Waals surface area contributed by atoms with E-state index in [1.165, 1.54) is 24.3 Å². The summed E-state index contributed by atoms with van der Waals surface area (Å²) >= 11 is 0. The fraction of sp³-hybridized carbons (Fsp3) is 0.500. The minimum atomic E-state index is -2.05. The van der Waals surface area contributed by atoms with Gasteiger partial charge in [0.25, 0.3) is 11.9 Å². The van der Waals surface area contributed by atoms with E-state index in [1.807, 2.05) is 0 Å². The van der Waals surface area contributed by atoms with Gasteiger partial charge in [0.1, 0.15) is 54.1 Å². The van der Waals surface area contributed by atoms with Gasteiger partial charge in [0.05, 0.1) is 39.5 Å². The van der Waals surface area contributed by atoms with Crippen molar-refractivity contribution in [3.8, 4) is 5.75 Å². The van der Waals surface area contributed by atoms with Gasteiger partial charge in [-0.3, -0.25) is 76.7 Å². The Bertz CT molecular complexity index is 3210. The maximum atomic E-state index is 14.9. The maximum absolute atomic E-state index is 14.9. The highest BCUT2D eigenvalue weighted by atomic mass is 33.1. The highest BCUT2D eigenvalue weighted by Gasteiger charge is 2.41. The van der Waals surface area contributed by atoms with Gasteiger partial charge >= 0.3 is 0 Å². The van der Waals surface area contributed by atoms with Gasteiger partial charge in [-0.1, -0.05) is 63.9 Å². The molecule has 0 spiro atoms. The Kier molecular flexibility index (Phi) is 32.3. The molecule has 2 aromatic rings. The van der Waals surface area contributed by atoms with Crippen molar-refractivity contribution in [2.45, 2.75) is 126 Å². The third kappa shape index (κ3) is 32.3. The molecule has 0 aliphatic carbocycles. The van der Waals surface area contributed by atoms with Crippen LogP contribution in [0.3, 0.4) is 0 Å². The van der Waals surface area contributed by atoms with E-state index >= 15 is 0 Å². The van der Waals surface area contributed by atoms with E-state index in [0.29, 0.717) is 12.8 Å². The Morgan fingerprint density at radius 2 is 1.18 bits per heavy atom. The molecule has 0 radical (unpaired) electrons. The van der Waals surface area contributed by atoms with E-state index in [0.717, 1.165) is 40.3 Å². The van der Waals surface area contributed by atoms with Crippen molar-refractivity contribution in [3.05, 3.63) is 65.6 Å². The summed E-state index contributed by atoms with van der Waals surface area (Å²) in [5.74, 6) is -17.2. The normalized spacial score (nSPS) is 20.6. The summed E-state index contributed by atoms with van der Waals surface area (Å²) in [6.07, 6.45) is -2.55. The van der Waals surface area contributed by atoms with Crippen LogP contribution in [0.15, 0.2) is 54.5 Å². The van der Waals surface area contributed by atoms with Crippen LogP contribution in [0.1, 0.15) is 83.2 Å². The number of benzene rings is 2. The quantitative estimate of drug-likeness (QED) is 0.0324. The van der Waals surface area contributed by atoms with Gasteiger partial charge in [-0.15, -0.1) is 0 Å². The van der Waals surface area contributed by atoms with Gasteiger partial charge in [0, 0.05) is 51.2 Å². The standard InChI is InChI=1S/C52H74N16O15S2.2C2H4O2/c53-17-5-4-9-31(45(76)60-23-41(57)72)63-51(82)38-10-6-18-68(38)52(83)37-27-85-84-26-36(61-44(75)25-59-43(74)24-58-42(73)22-54)50(81)65-34(20-29-11-13-30(69)14-12-29)48(79)64-33(19-28-7-2-1-3-8-28)47(78)62-32(15-16-39(55)70)46(77)66-35(21-40(56)71)49(80)67-37;2*1-2(3)4/h1-3,7-8,11-14,31-38,69H,4-6,9-10,15-27,53-54H2,(H2,55,70)(H2,56,71)(H2,57,72)(H,58,73)(H,59,74)(H,60,76)(H,61,75)(H,62,78)(H,63,82)(H,64,79)(H,65,81)(H,66,77)(H,67,80);2*1H3,(H,3,4)/t31-,32-,33-,34-,35-,36-,37-,38-;;/m0../s1/i1D,2D,3D,7D,8D;;. The van der Waals surface area contributed by atoms with Gasteiger partial charge in [-0.25, -0.2) is 0 Å². The van der Waals surface area contributed by atoms with Gasteiger partial charge < -0.3 is 102 Å². The molecule has 35 nitrogen and oxygen atoms in total. The Hall–Kier alpha value is -9.62. The van der Waals surface area contributed by atoms with Crippen LogP contribution in [0, 0.1) is 0 Å². The van der Waals surface area contributed by atoms with Gasteiger partial charge in [-0.05, 0) is 68.3 Å². The van der Waals surface area contributed by atoms with E-state index in [9.17, 15) is 72.2 Å². The molecule has 512 valence electrons. The molecule has 23 N–H and O–H groups in total. The van der Waals surface area contributed by atoms with Crippen molar-refractivity contribution in [1.82, 2.24) is 58.1 Å². The molecule has 37 heteroatoms. The monoisotopic (exact) mass is 1350 g/mol. The topological polar surface area (TPSA) is 587 Å². The number of aliphatic carboxylic acids is 2. The highest BCUT2D eigenvalue weighted by Crippen LogP contribution is 2.26. The Morgan fingerprint density at radius 1 is 0.645 bits per heavy atom.